The minimum atomic E-state index is 0.244. The van der Waals surface area contributed by atoms with Crippen LogP contribution in [0, 0.1) is 6.92 Å². The summed E-state index contributed by atoms with van der Waals surface area (Å²) in [6, 6.07) is 6.53. The number of hydrogen-bond donors (Lipinski definition) is 1. The molecule has 18 heavy (non-hydrogen) atoms. The zero-order valence-corrected chi connectivity index (χ0v) is 10.9. The molecule has 0 radical (unpaired) electrons. The molecular formula is C13H19N5. The SMILES string of the molecule is Cc1nnn2c(C3CC(N)CN(C)C3)cccc12. The summed E-state index contributed by atoms with van der Waals surface area (Å²) in [4.78, 5) is 2.29. The summed E-state index contributed by atoms with van der Waals surface area (Å²) in [7, 11) is 2.12. The molecule has 2 aromatic rings. The third-order valence-corrected chi connectivity index (χ3v) is 3.73. The number of nitrogens with two attached hydrogens (primary N) is 1. The van der Waals surface area contributed by atoms with Crippen LogP contribution in [0.5, 0.6) is 0 Å². The Morgan fingerprint density at radius 2 is 2.17 bits per heavy atom. The first kappa shape index (κ1) is 11.6. The Kier molecular flexibility index (Phi) is 2.80. The van der Waals surface area contributed by atoms with Gasteiger partial charge in [0, 0.05) is 30.7 Å². The summed E-state index contributed by atoms with van der Waals surface area (Å²) in [5.74, 6) is 0.434. The van der Waals surface area contributed by atoms with E-state index in [0.717, 1.165) is 30.7 Å². The van der Waals surface area contributed by atoms with Gasteiger partial charge in [0.25, 0.3) is 0 Å². The van der Waals surface area contributed by atoms with Crippen molar-refractivity contribution < 1.29 is 0 Å². The van der Waals surface area contributed by atoms with E-state index in [1.165, 1.54) is 5.69 Å². The Morgan fingerprint density at radius 3 is 2.94 bits per heavy atom. The fourth-order valence-electron chi connectivity index (χ4n) is 2.94. The summed E-state index contributed by atoms with van der Waals surface area (Å²) in [6.07, 6.45) is 1.02. The van der Waals surface area contributed by atoms with Crippen molar-refractivity contribution in [2.45, 2.75) is 25.3 Å². The topological polar surface area (TPSA) is 59.5 Å². The molecule has 1 saturated heterocycles. The van der Waals surface area contributed by atoms with E-state index in [2.05, 4.69) is 40.5 Å². The highest BCUT2D eigenvalue weighted by Crippen LogP contribution is 2.26. The normalized spacial score (nSPS) is 25.7. The highest BCUT2D eigenvalue weighted by atomic mass is 15.4. The van der Waals surface area contributed by atoms with Gasteiger partial charge in [0.05, 0.1) is 11.2 Å². The predicted molar refractivity (Wildman–Crippen MR) is 70.6 cm³/mol. The van der Waals surface area contributed by atoms with Crippen molar-refractivity contribution in [3.63, 3.8) is 0 Å². The predicted octanol–water partition coefficient (Wildman–Crippen LogP) is 0.784. The second kappa shape index (κ2) is 4.33. The number of fused-ring (bicyclic) bond motifs is 1. The molecular weight excluding hydrogens is 226 g/mol. The molecule has 2 aromatic heterocycles. The number of likely N-dealkylation sites (tertiary alicyclic amines) is 1. The van der Waals surface area contributed by atoms with Crippen molar-refractivity contribution in [2.75, 3.05) is 20.1 Å². The summed E-state index contributed by atoms with van der Waals surface area (Å²) < 4.78 is 1.96. The van der Waals surface area contributed by atoms with Crippen LogP contribution < -0.4 is 5.73 Å². The van der Waals surface area contributed by atoms with Crippen molar-refractivity contribution in [1.82, 2.24) is 19.7 Å². The van der Waals surface area contributed by atoms with Gasteiger partial charge in [0.2, 0.25) is 0 Å². The highest BCUT2D eigenvalue weighted by Gasteiger charge is 2.26. The quantitative estimate of drug-likeness (QED) is 0.806. The largest absolute Gasteiger partial charge is 0.327 e. The third kappa shape index (κ3) is 1.89. The molecule has 2 unspecified atom stereocenters. The average Bonchev–Trinajstić information content (AvgIpc) is 2.70. The molecule has 0 saturated carbocycles. The molecule has 96 valence electrons. The first-order chi connectivity index (χ1) is 8.65. The zero-order chi connectivity index (χ0) is 12.7. The number of aromatic nitrogens is 3. The van der Waals surface area contributed by atoms with E-state index in [1.54, 1.807) is 0 Å². The second-order valence-corrected chi connectivity index (χ2v) is 5.34. The van der Waals surface area contributed by atoms with Crippen LogP contribution in [0.2, 0.25) is 0 Å². The van der Waals surface area contributed by atoms with Crippen LogP contribution in [0.1, 0.15) is 23.7 Å². The molecule has 0 aromatic carbocycles. The van der Waals surface area contributed by atoms with Crippen molar-refractivity contribution in [1.29, 1.82) is 0 Å². The molecule has 3 rings (SSSR count). The standard InChI is InChI=1S/C13H19N5/c1-9-12-4-3-5-13(18(12)16-15-9)10-6-11(14)8-17(2)7-10/h3-5,10-11H,6-8,14H2,1-2H3. The number of piperidine rings is 1. The number of rotatable bonds is 1. The second-order valence-electron chi connectivity index (χ2n) is 5.34. The van der Waals surface area contributed by atoms with Gasteiger partial charge in [0.15, 0.2) is 0 Å². The number of aryl methyl sites for hydroxylation is 1. The van der Waals surface area contributed by atoms with Gasteiger partial charge < -0.3 is 10.6 Å². The molecule has 3 heterocycles. The number of pyridine rings is 1. The van der Waals surface area contributed by atoms with Crippen LogP contribution in [-0.2, 0) is 0 Å². The fraction of sp³-hybridized carbons (Fsp3) is 0.538. The van der Waals surface area contributed by atoms with Gasteiger partial charge in [-0.2, -0.15) is 0 Å². The van der Waals surface area contributed by atoms with Gasteiger partial charge in [-0.3, -0.25) is 0 Å². The molecule has 5 nitrogen and oxygen atoms in total. The van der Waals surface area contributed by atoms with E-state index in [1.807, 2.05) is 11.4 Å². The molecule has 2 atom stereocenters. The van der Waals surface area contributed by atoms with E-state index in [9.17, 15) is 0 Å². The lowest BCUT2D eigenvalue weighted by Crippen LogP contribution is -2.44. The number of likely N-dealkylation sites (N-methyl/N-ethyl adjacent to an activating group) is 1. The van der Waals surface area contributed by atoms with Crippen molar-refractivity contribution in [2.24, 2.45) is 5.73 Å². The number of nitrogens with zero attached hydrogens (tertiary/aromatic N) is 4. The molecule has 5 heteroatoms. The lowest BCUT2D eigenvalue weighted by Gasteiger charge is -2.33. The minimum absolute atomic E-state index is 0.244. The maximum absolute atomic E-state index is 6.12. The summed E-state index contributed by atoms with van der Waals surface area (Å²) in [6.45, 7) is 4.00. The Bertz CT molecular complexity index is 552. The molecule has 2 N–H and O–H groups in total. The number of hydrogen-bond acceptors (Lipinski definition) is 4. The molecule has 0 amide bonds. The Hall–Kier alpha value is -1.46. The Morgan fingerprint density at radius 1 is 1.33 bits per heavy atom. The summed E-state index contributed by atoms with van der Waals surface area (Å²) >= 11 is 0. The van der Waals surface area contributed by atoms with Crippen LogP contribution in [0.15, 0.2) is 18.2 Å². The van der Waals surface area contributed by atoms with Gasteiger partial charge >= 0.3 is 0 Å². The van der Waals surface area contributed by atoms with E-state index >= 15 is 0 Å². The van der Waals surface area contributed by atoms with E-state index in [0.29, 0.717) is 5.92 Å². The van der Waals surface area contributed by atoms with Crippen molar-refractivity contribution in [3.8, 4) is 0 Å². The lowest BCUT2D eigenvalue weighted by molar-refractivity contribution is 0.223. The Balaban J connectivity index is 2.03. The van der Waals surface area contributed by atoms with Gasteiger partial charge in [-0.1, -0.05) is 11.3 Å². The smallest absolute Gasteiger partial charge is 0.0897 e. The van der Waals surface area contributed by atoms with Crippen LogP contribution in [-0.4, -0.2) is 45.9 Å². The zero-order valence-electron chi connectivity index (χ0n) is 10.9. The maximum Gasteiger partial charge on any atom is 0.0897 e. The van der Waals surface area contributed by atoms with Crippen LogP contribution in [0.4, 0.5) is 0 Å². The lowest BCUT2D eigenvalue weighted by atomic mass is 9.91. The first-order valence-electron chi connectivity index (χ1n) is 6.40. The van der Waals surface area contributed by atoms with Gasteiger partial charge in [-0.15, -0.1) is 5.10 Å². The highest BCUT2D eigenvalue weighted by molar-refractivity contribution is 5.51. The van der Waals surface area contributed by atoms with E-state index in [-0.39, 0.29) is 6.04 Å². The monoisotopic (exact) mass is 245 g/mol. The minimum Gasteiger partial charge on any atom is -0.327 e. The third-order valence-electron chi connectivity index (χ3n) is 3.73. The maximum atomic E-state index is 6.12. The van der Waals surface area contributed by atoms with Crippen LogP contribution in [0.3, 0.4) is 0 Å². The molecule has 0 spiro atoms. The van der Waals surface area contributed by atoms with Gasteiger partial charge in [-0.25, -0.2) is 4.52 Å². The van der Waals surface area contributed by atoms with Crippen LogP contribution in [0.25, 0.3) is 5.52 Å². The molecule has 1 fully saturated rings. The summed E-state index contributed by atoms with van der Waals surface area (Å²) in [5.41, 5.74) is 9.40. The van der Waals surface area contributed by atoms with E-state index < -0.39 is 0 Å². The molecule has 0 aliphatic carbocycles. The molecule has 0 bridgehead atoms. The summed E-state index contributed by atoms with van der Waals surface area (Å²) in [5, 5.41) is 8.41. The fourth-order valence-corrected chi connectivity index (χ4v) is 2.94. The van der Waals surface area contributed by atoms with Gasteiger partial charge in [-0.05, 0) is 32.5 Å². The molecule has 1 aliphatic rings. The van der Waals surface area contributed by atoms with Crippen LogP contribution >= 0.6 is 0 Å². The van der Waals surface area contributed by atoms with Crippen molar-refractivity contribution >= 4 is 5.52 Å². The van der Waals surface area contributed by atoms with Crippen molar-refractivity contribution in [3.05, 3.63) is 29.6 Å². The van der Waals surface area contributed by atoms with E-state index in [4.69, 9.17) is 5.73 Å². The Labute approximate surface area is 107 Å². The first-order valence-corrected chi connectivity index (χ1v) is 6.40. The van der Waals surface area contributed by atoms with Gasteiger partial charge in [0.1, 0.15) is 0 Å². The molecule has 1 aliphatic heterocycles. The average molecular weight is 245 g/mol.